The highest BCUT2D eigenvalue weighted by Crippen LogP contribution is 2.25. The van der Waals surface area contributed by atoms with E-state index in [2.05, 4.69) is 13.8 Å². The van der Waals surface area contributed by atoms with Crippen LogP contribution in [-0.4, -0.2) is 19.5 Å². The number of rotatable bonds is 1. The van der Waals surface area contributed by atoms with E-state index in [1.165, 1.54) is 0 Å². The van der Waals surface area contributed by atoms with Gasteiger partial charge in [-0.15, -0.1) is 0 Å². The SMILES string of the molecule is COC1CC(C)[C@@H](C)O1. The van der Waals surface area contributed by atoms with Gasteiger partial charge in [0.2, 0.25) is 0 Å². The van der Waals surface area contributed by atoms with Gasteiger partial charge in [-0.05, 0) is 12.8 Å². The molecule has 2 heteroatoms. The lowest BCUT2D eigenvalue weighted by molar-refractivity contribution is -0.111. The summed E-state index contributed by atoms with van der Waals surface area (Å²) in [4.78, 5) is 0. The van der Waals surface area contributed by atoms with Crippen molar-refractivity contribution in [3.63, 3.8) is 0 Å². The van der Waals surface area contributed by atoms with Gasteiger partial charge in [0.25, 0.3) is 0 Å². The Morgan fingerprint density at radius 3 is 2.33 bits per heavy atom. The molecule has 54 valence electrons. The lowest BCUT2D eigenvalue weighted by atomic mass is 10.1. The average molecular weight is 130 g/mol. The molecule has 0 bridgehead atoms. The minimum Gasteiger partial charge on any atom is -0.356 e. The van der Waals surface area contributed by atoms with E-state index in [4.69, 9.17) is 9.47 Å². The summed E-state index contributed by atoms with van der Waals surface area (Å²) in [5, 5.41) is 0. The lowest BCUT2D eigenvalue weighted by Gasteiger charge is -2.07. The second kappa shape index (κ2) is 2.67. The second-order valence-corrected chi connectivity index (χ2v) is 2.72. The molecule has 1 aliphatic heterocycles. The Morgan fingerprint density at radius 1 is 1.44 bits per heavy atom. The zero-order valence-corrected chi connectivity index (χ0v) is 6.26. The molecule has 0 N–H and O–H groups in total. The number of hydrogen-bond acceptors (Lipinski definition) is 2. The van der Waals surface area contributed by atoms with Crippen LogP contribution < -0.4 is 0 Å². The van der Waals surface area contributed by atoms with Crippen LogP contribution in [-0.2, 0) is 9.47 Å². The van der Waals surface area contributed by atoms with Crippen molar-refractivity contribution >= 4 is 0 Å². The highest BCUT2D eigenvalue weighted by atomic mass is 16.7. The molecular formula is C7H14O2. The van der Waals surface area contributed by atoms with Gasteiger partial charge in [-0.1, -0.05) is 6.92 Å². The first-order valence-electron chi connectivity index (χ1n) is 3.42. The second-order valence-electron chi connectivity index (χ2n) is 2.72. The summed E-state index contributed by atoms with van der Waals surface area (Å²) < 4.78 is 10.4. The topological polar surface area (TPSA) is 18.5 Å². The third-order valence-corrected chi connectivity index (χ3v) is 1.99. The maximum absolute atomic E-state index is 5.40. The highest BCUT2D eigenvalue weighted by molar-refractivity contribution is 4.70. The van der Waals surface area contributed by atoms with Gasteiger partial charge in [0.15, 0.2) is 6.29 Å². The summed E-state index contributed by atoms with van der Waals surface area (Å²) >= 11 is 0. The quantitative estimate of drug-likeness (QED) is 0.534. The number of methoxy groups -OCH3 is 1. The van der Waals surface area contributed by atoms with Crippen LogP contribution in [0.25, 0.3) is 0 Å². The minimum atomic E-state index is 0.0509. The van der Waals surface area contributed by atoms with E-state index in [-0.39, 0.29) is 6.29 Å². The van der Waals surface area contributed by atoms with Gasteiger partial charge in [0.05, 0.1) is 6.10 Å². The van der Waals surface area contributed by atoms with Gasteiger partial charge in [-0.25, -0.2) is 0 Å². The van der Waals surface area contributed by atoms with Crippen molar-refractivity contribution in [1.29, 1.82) is 0 Å². The Labute approximate surface area is 56.2 Å². The van der Waals surface area contributed by atoms with Crippen molar-refractivity contribution in [2.24, 2.45) is 5.92 Å². The fraction of sp³-hybridized carbons (Fsp3) is 1.00. The van der Waals surface area contributed by atoms with Crippen LogP contribution in [0.4, 0.5) is 0 Å². The van der Waals surface area contributed by atoms with E-state index in [0.29, 0.717) is 12.0 Å². The summed E-state index contributed by atoms with van der Waals surface area (Å²) in [6.07, 6.45) is 1.46. The summed E-state index contributed by atoms with van der Waals surface area (Å²) in [7, 11) is 1.69. The molecule has 0 aliphatic carbocycles. The van der Waals surface area contributed by atoms with E-state index in [1.807, 2.05) is 0 Å². The first-order valence-corrected chi connectivity index (χ1v) is 3.42. The molecule has 0 amide bonds. The van der Waals surface area contributed by atoms with Crippen molar-refractivity contribution in [3.8, 4) is 0 Å². The third-order valence-electron chi connectivity index (χ3n) is 1.99. The summed E-state index contributed by atoms with van der Waals surface area (Å²) in [5.74, 6) is 0.648. The molecule has 1 saturated heterocycles. The Bertz CT molecular complexity index is 82.9. The van der Waals surface area contributed by atoms with Crippen LogP contribution in [0.5, 0.6) is 0 Å². The zero-order chi connectivity index (χ0) is 6.85. The Morgan fingerprint density at radius 2 is 2.11 bits per heavy atom. The van der Waals surface area contributed by atoms with Crippen LogP contribution in [0.2, 0.25) is 0 Å². The van der Waals surface area contributed by atoms with Crippen molar-refractivity contribution in [1.82, 2.24) is 0 Å². The predicted octanol–water partition coefficient (Wildman–Crippen LogP) is 1.40. The van der Waals surface area contributed by atoms with E-state index in [1.54, 1.807) is 7.11 Å². The van der Waals surface area contributed by atoms with Crippen LogP contribution in [0.3, 0.4) is 0 Å². The molecule has 0 saturated carbocycles. The molecule has 1 heterocycles. The average Bonchev–Trinajstić information content (AvgIpc) is 2.13. The molecule has 1 aliphatic rings. The molecular weight excluding hydrogens is 116 g/mol. The molecule has 0 radical (unpaired) electrons. The van der Waals surface area contributed by atoms with Crippen LogP contribution in [0, 0.1) is 5.92 Å². The Kier molecular flexibility index (Phi) is 2.09. The lowest BCUT2D eigenvalue weighted by Crippen LogP contribution is -2.10. The van der Waals surface area contributed by atoms with E-state index in [9.17, 15) is 0 Å². The normalized spacial score (nSPS) is 43.7. The summed E-state index contributed by atoms with van der Waals surface area (Å²) in [6.45, 7) is 4.27. The molecule has 3 atom stereocenters. The Balaban J connectivity index is 2.35. The molecule has 9 heavy (non-hydrogen) atoms. The molecule has 2 nitrogen and oxygen atoms in total. The highest BCUT2D eigenvalue weighted by Gasteiger charge is 2.28. The molecule has 0 spiro atoms. The maximum atomic E-state index is 5.40. The Hall–Kier alpha value is -0.0800. The first-order chi connectivity index (χ1) is 4.24. The van der Waals surface area contributed by atoms with E-state index in [0.717, 1.165) is 6.42 Å². The van der Waals surface area contributed by atoms with Gasteiger partial charge < -0.3 is 9.47 Å². The van der Waals surface area contributed by atoms with Gasteiger partial charge in [-0.2, -0.15) is 0 Å². The smallest absolute Gasteiger partial charge is 0.157 e. The monoisotopic (exact) mass is 130 g/mol. The molecule has 0 aromatic heterocycles. The summed E-state index contributed by atoms with van der Waals surface area (Å²) in [6, 6.07) is 0. The maximum Gasteiger partial charge on any atom is 0.157 e. The first kappa shape index (κ1) is 7.03. The van der Waals surface area contributed by atoms with Crippen LogP contribution in [0.1, 0.15) is 20.3 Å². The minimum absolute atomic E-state index is 0.0509. The molecule has 1 fully saturated rings. The van der Waals surface area contributed by atoms with Crippen molar-refractivity contribution in [3.05, 3.63) is 0 Å². The molecule has 2 unspecified atom stereocenters. The van der Waals surface area contributed by atoms with E-state index < -0.39 is 0 Å². The third kappa shape index (κ3) is 1.43. The molecule has 0 aromatic carbocycles. The van der Waals surface area contributed by atoms with Crippen molar-refractivity contribution in [2.45, 2.75) is 32.7 Å². The van der Waals surface area contributed by atoms with Crippen LogP contribution in [0.15, 0.2) is 0 Å². The van der Waals surface area contributed by atoms with Gasteiger partial charge in [-0.3, -0.25) is 0 Å². The van der Waals surface area contributed by atoms with Crippen LogP contribution >= 0.6 is 0 Å². The molecule has 1 rings (SSSR count). The van der Waals surface area contributed by atoms with Crippen molar-refractivity contribution in [2.75, 3.05) is 7.11 Å². The largest absolute Gasteiger partial charge is 0.356 e. The van der Waals surface area contributed by atoms with Gasteiger partial charge >= 0.3 is 0 Å². The van der Waals surface area contributed by atoms with E-state index >= 15 is 0 Å². The predicted molar refractivity (Wildman–Crippen MR) is 35.1 cm³/mol. The van der Waals surface area contributed by atoms with Crippen molar-refractivity contribution < 1.29 is 9.47 Å². The molecule has 0 aromatic rings. The zero-order valence-electron chi connectivity index (χ0n) is 6.26. The van der Waals surface area contributed by atoms with Gasteiger partial charge in [0, 0.05) is 13.5 Å². The fourth-order valence-electron chi connectivity index (χ4n) is 1.08. The fourth-order valence-corrected chi connectivity index (χ4v) is 1.08. The number of ether oxygens (including phenoxy) is 2. The van der Waals surface area contributed by atoms with Gasteiger partial charge in [0.1, 0.15) is 0 Å². The summed E-state index contributed by atoms with van der Waals surface area (Å²) in [5.41, 5.74) is 0. The number of hydrogen-bond donors (Lipinski definition) is 0. The standard InChI is InChI=1S/C7H14O2/c1-5-4-7(8-3)9-6(5)2/h5-7H,4H2,1-3H3/t5?,6-,7?/m1/s1.